The molecule has 0 unspecified atom stereocenters. The molecule has 12 heteroatoms. The normalized spacial score (nSPS) is 15.2. The van der Waals surface area contributed by atoms with E-state index in [1.54, 1.807) is 22.7 Å². The summed E-state index contributed by atoms with van der Waals surface area (Å²) in [4.78, 5) is 45.8. The van der Waals surface area contributed by atoms with Gasteiger partial charge in [0.25, 0.3) is 11.8 Å². The first-order valence-electron chi connectivity index (χ1n) is 21.4. The van der Waals surface area contributed by atoms with E-state index in [-0.39, 0.29) is 11.8 Å². The van der Waals surface area contributed by atoms with Crippen LogP contribution in [0.5, 0.6) is 0 Å². The third kappa shape index (κ3) is 10.1. The smallest absolute Gasteiger partial charge is 0.258 e. The van der Waals surface area contributed by atoms with Crippen molar-refractivity contribution in [3.8, 4) is 39.0 Å². The van der Waals surface area contributed by atoms with Crippen molar-refractivity contribution < 1.29 is 9.59 Å². The van der Waals surface area contributed by atoms with E-state index in [9.17, 15) is 9.59 Å². The van der Waals surface area contributed by atoms with Crippen LogP contribution in [-0.2, 0) is 22.4 Å². The number of carbonyl (C=O) groups excluding carboxylic acids is 2. The molecule has 6 aromatic heterocycles. The number of thiophene rings is 4. The van der Waals surface area contributed by atoms with Crippen LogP contribution >= 0.6 is 68.0 Å². The van der Waals surface area contributed by atoms with Crippen molar-refractivity contribution in [2.45, 2.75) is 106 Å². The lowest BCUT2D eigenvalue weighted by atomic mass is 9.95. The number of aryl methyl sites for hydroxylation is 2. The fourth-order valence-electron chi connectivity index (χ4n) is 7.85. The highest BCUT2D eigenvalue weighted by atomic mass is 32.1. The van der Waals surface area contributed by atoms with Gasteiger partial charge in [-0.2, -0.15) is 0 Å². The van der Waals surface area contributed by atoms with Gasteiger partial charge < -0.3 is 10.6 Å². The quantitative estimate of drug-likeness (QED) is 0.0799. The first-order chi connectivity index (χ1) is 29.0. The Morgan fingerprint density at radius 1 is 0.500 bits per heavy atom. The highest BCUT2D eigenvalue weighted by Crippen LogP contribution is 2.45. The zero-order chi connectivity index (χ0) is 41.9. The molecule has 0 saturated heterocycles. The van der Waals surface area contributed by atoms with Crippen molar-refractivity contribution in [1.29, 1.82) is 0 Å². The predicted molar refractivity (Wildman–Crippen MR) is 260 cm³/mol. The van der Waals surface area contributed by atoms with E-state index in [4.69, 9.17) is 9.97 Å². The Morgan fingerprint density at radius 2 is 0.900 bits per heavy atom. The summed E-state index contributed by atoms with van der Waals surface area (Å²) in [7, 11) is 0. The van der Waals surface area contributed by atoms with E-state index >= 15 is 0 Å². The zero-order valence-electron chi connectivity index (χ0n) is 35.3. The number of hydrogen-bond acceptors (Lipinski definition) is 10. The number of fused-ring (bicyclic) bond motifs is 1. The highest BCUT2D eigenvalue weighted by Gasteiger charge is 2.42. The van der Waals surface area contributed by atoms with Crippen molar-refractivity contribution in [1.82, 2.24) is 20.6 Å². The molecule has 0 aromatic carbocycles. The maximum absolute atomic E-state index is 13.5. The third-order valence-corrected chi connectivity index (χ3v) is 18.4. The molecule has 0 bridgehead atoms. The number of nitrogens with zero attached hydrogens (tertiary/aromatic N) is 2. The molecule has 0 radical (unpaired) electrons. The Hall–Kier alpha value is -3.52. The maximum atomic E-state index is 13.5. The van der Waals surface area contributed by atoms with Crippen molar-refractivity contribution in [3.63, 3.8) is 0 Å². The summed E-state index contributed by atoms with van der Waals surface area (Å²) in [5.74, 6) is 2.45. The molecule has 2 N–H and O–H groups in total. The second-order valence-corrected chi connectivity index (χ2v) is 23.4. The molecular weight excluding hydrogens is 857 g/mol. The summed E-state index contributed by atoms with van der Waals surface area (Å²) in [6.45, 7) is 14.0. The van der Waals surface area contributed by atoms with Crippen LogP contribution in [0.1, 0.15) is 114 Å². The van der Waals surface area contributed by atoms with Crippen LogP contribution in [0.15, 0.2) is 70.7 Å². The number of rotatable bonds is 20. The van der Waals surface area contributed by atoms with Gasteiger partial charge in [-0.05, 0) is 108 Å². The van der Waals surface area contributed by atoms with Gasteiger partial charge >= 0.3 is 0 Å². The molecule has 0 aliphatic carbocycles. The molecule has 0 spiro atoms. The molecule has 6 nitrogen and oxygen atoms in total. The molecule has 8 rings (SSSR count). The second-order valence-electron chi connectivity index (χ2n) is 17.4. The largest absolute Gasteiger partial charge is 0.319 e. The van der Waals surface area contributed by atoms with Gasteiger partial charge in [-0.3, -0.25) is 9.59 Å². The van der Waals surface area contributed by atoms with Crippen molar-refractivity contribution in [2.75, 3.05) is 0 Å². The Kier molecular flexibility index (Phi) is 13.8. The maximum Gasteiger partial charge on any atom is 0.258 e. The van der Waals surface area contributed by atoms with Crippen LogP contribution in [0, 0.1) is 23.7 Å². The molecular formula is C48H54N4O2S6. The van der Waals surface area contributed by atoms with Crippen LogP contribution in [0.2, 0.25) is 0 Å². The molecule has 2 aliphatic heterocycles. The minimum Gasteiger partial charge on any atom is -0.319 e. The number of carbonyl (C=O) groups is 2. The van der Waals surface area contributed by atoms with Gasteiger partial charge in [-0.25, -0.2) is 9.97 Å². The molecule has 2 atom stereocenters. The Morgan fingerprint density at radius 3 is 1.30 bits per heavy atom. The molecule has 60 heavy (non-hydrogen) atoms. The van der Waals surface area contributed by atoms with Crippen LogP contribution in [0.3, 0.4) is 0 Å². The number of aromatic nitrogens is 2. The Balaban J connectivity index is 0.917. The monoisotopic (exact) mass is 910 g/mol. The first-order valence-corrected chi connectivity index (χ1v) is 26.4. The van der Waals surface area contributed by atoms with E-state index in [2.05, 4.69) is 99.3 Å². The summed E-state index contributed by atoms with van der Waals surface area (Å²) in [6, 6.07) is 13.4. The summed E-state index contributed by atoms with van der Waals surface area (Å²) in [6.07, 6.45) is 16.3. The van der Waals surface area contributed by atoms with Crippen molar-refractivity contribution in [3.05, 3.63) is 91.8 Å². The minimum atomic E-state index is -0.310. The molecule has 8 heterocycles. The van der Waals surface area contributed by atoms with Gasteiger partial charge in [0.2, 0.25) is 0 Å². The van der Waals surface area contributed by atoms with Crippen LogP contribution in [0.25, 0.3) is 50.4 Å². The fourth-order valence-corrected chi connectivity index (χ4v) is 14.0. The van der Waals surface area contributed by atoms with E-state index in [0.29, 0.717) is 32.6 Å². The van der Waals surface area contributed by atoms with Crippen LogP contribution in [-0.4, -0.2) is 21.8 Å². The molecule has 314 valence electrons. The fraction of sp³-hybridized carbons (Fsp3) is 0.417. The van der Waals surface area contributed by atoms with Crippen LogP contribution < -0.4 is 10.6 Å². The van der Waals surface area contributed by atoms with E-state index < -0.39 is 0 Å². The van der Waals surface area contributed by atoms with E-state index in [1.807, 2.05) is 35.1 Å². The minimum absolute atomic E-state index is 0.310. The molecule has 2 amide bonds. The number of hydrogen-bond donors (Lipinski definition) is 2. The molecule has 2 aliphatic rings. The number of thiazole rings is 2. The van der Waals surface area contributed by atoms with Gasteiger partial charge in [0.05, 0.1) is 32.3 Å². The summed E-state index contributed by atoms with van der Waals surface area (Å²) >= 11 is 10.1. The Labute approximate surface area is 379 Å². The second kappa shape index (κ2) is 19.3. The van der Waals surface area contributed by atoms with Gasteiger partial charge in [0, 0.05) is 41.7 Å². The predicted octanol–water partition coefficient (Wildman–Crippen LogP) is 14.7. The third-order valence-electron chi connectivity index (χ3n) is 11.4. The lowest BCUT2D eigenvalue weighted by molar-refractivity contribution is -0.117. The summed E-state index contributed by atoms with van der Waals surface area (Å²) in [5, 5.41) is 11.8. The first kappa shape index (κ1) is 43.1. The standard InChI is InChI=1S/C48H54N4O2S6/c1-27(2)9-7-11-29(5)13-15-31-21-37(55-25-31)33-17-19-35(57-33)39-23-49-47(59-39)43-41-42(46(54)51-43)44(52-45(41)53)48-50-24-40(60-48)36-20-18-34(58-36)38-22-32(26-56-38)16-14-30(6)12-8-10-28(3)4/h17-30H,7-16H2,1-6H3,(H,51,54)(H,52,53)/t29-,30-/m0/s1. The molecule has 6 aromatic rings. The number of amides is 2. The lowest BCUT2D eigenvalue weighted by Gasteiger charge is -2.11. The van der Waals surface area contributed by atoms with E-state index in [0.717, 1.165) is 56.0 Å². The van der Waals surface area contributed by atoms with Crippen molar-refractivity contribution in [2.24, 2.45) is 23.7 Å². The highest BCUT2D eigenvalue weighted by molar-refractivity contribution is 7.27. The Bertz CT molecular complexity index is 2340. The van der Waals surface area contributed by atoms with Crippen LogP contribution in [0.4, 0.5) is 0 Å². The van der Waals surface area contributed by atoms with Gasteiger partial charge in [0.1, 0.15) is 10.0 Å². The average Bonchev–Trinajstić information content (AvgIpc) is 4.07. The summed E-state index contributed by atoms with van der Waals surface area (Å²) < 4.78 is 0. The molecule has 0 fully saturated rings. The van der Waals surface area contributed by atoms with Crippen molar-refractivity contribution >= 4 is 91.2 Å². The van der Waals surface area contributed by atoms with Gasteiger partial charge in [-0.15, -0.1) is 68.0 Å². The zero-order valence-corrected chi connectivity index (χ0v) is 40.2. The molecule has 0 saturated carbocycles. The average molecular weight is 911 g/mol. The lowest BCUT2D eigenvalue weighted by Crippen LogP contribution is -2.21. The van der Waals surface area contributed by atoms with Gasteiger partial charge in [-0.1, -0.05) is 80.1 Å². The number of nitrogens with one attached hydrogen (secondary N) is 2. The topological polar surface area (TPSA) is 84.0 Å². The van der Waals surface area contributed by atoms with Gasteiger partial charge in [0.15, 0.2) is 0 Å². The SMILES string of the molecule is CC(C)CCC[C@H](C)CCc1csc(-c2ccc(-c3cnc(C4=C5C(=O)NC(c6ncc(-c7ccc(-c8cc(CC[C@@H](C)CCCC(C)C)cs8)s7)s6)=C5C(=O)N4)s3)s2)c1. The van der Waals surface area contributed by atoms with E-state index in [1.165, 1.54) is 105 Å². The summed E-state index contributed by atoms with van der Waals surface area (Å²) in [5.41, 5.74) is 4.46.